The molecule has 0 unspecified atom stereocenters. The van der Waals surface area contributed by atoms with Crippen molar-refractivity contribution in [3.63, 3.8) is 0 Å². The van der Waals surface area contributed by atoms with Crippen molar-refractivity contribution in [2.75, 3.05) is 37.0 Å². The van der Waals surface area contributed by atoms with E-state index >= 15 is 0 Å². The number of aromatic nitrogens is 3. The summed E-state index contributed by atoms with van der Waals surface area (Å²) >= 11 is 0. The number of nitrogens with zero attached hydrogens (tertiary/aromatic N) is 4. The highest BCUT2D eigenvalue weighted by Gasteiger charge is 2.19. The molecule has 1 fully saturated rings. The molecule has 0 saturated carbocycles. The second kappa shape index (κ2) is 7.06. The van der Waals surface area contributed by atoms with E-state index in [-0.39, 0.29) is 0 Å². The van der Waals surface area contributed by atoms with Gasteiger partial charge in [0.1, 0.15) is 0 Å². The van der Waals surface area contributed by atoms with Gasteiger partial charge < -0.3 is 15.0 Å². The molecule has 6 nitrogen and oxygen atoms in total. The molecule has 1 aliphatic rings. The van der Waals surface area contributed by atoms with Crippen molar-refractivity contribution in [2.24, 2.45) is 5.92 Å². The van der Waals surface area contributed by atoms with Gasteiger partial charge in [0.25, 0.3) is 0 Å². The molecule has 0 amide bonds. The summed E-state index contributed by atoms with van der Waals surface area (Å²) < 4.78 is 5.11. The van der Waals surface area contributed by atoms with Crippen molar-refractivity contribution in [1.29, 1.82) is 0 Å². The zero-order valence-electron chi connectivity index (χ0n) is 12.8. The quantitative estimate of drug-likeness (QED) is 0.913. The molecule has 0 aromatic carbocycles. The Morgan fingerprint density at radius 3 is 2.68 bits per heavy atom. The molecule has 0 spiro atoms. The Balaban J connectivity index is 1.48. The minimum Gasteiger partial charge on any atom is -0.481 e. The van der Waals surface area contributed by atoms with Crippen molar-refractivity contribution in [1.82, 2.24) is 15.0 Å². The van der Waals surface area contributed by atoms with E-state index in [1.807, 2.05) is 12.4 Å². The summed E-state index contributed by atoms with van der Waals surface area (Å²) in [6, 6.07) is 5.89. The van der Waals surface area contributed by atoms with E-state index in [0.29, 0.717) is 17.7 Å². The third-order valence-electron chi connectivity index (χ3n) is 4.03. The van der Waals surface area contributed by atoms with E-state index in [4.69, 9.17) is 4.74 Å². The smallest absolute Gasteiger partial charge is 0.225 e. The number of hydrogen-bond donors (Lipinski definition) is 1. The topological polar surface area (TPSA) is 63.2 Å². The van der Waals surface area contributed by atoms with Crippen LogP contribution in [0.4, 0.5) is 11.6 Å². The molecule has 0 radical (unpaired) electrons. The molecule has 22 heavy (non-hydrogen) atoms. The molecule has 6 heteroatoms. The fourth-order valence-corrected chi connectivity index (χ4v) is 2.73. The molecule has 0 aliphatic carbocycles. The highest BCUT2D eigenvalue weighted by atomic mass is 16.5. The summed E-state index contributed by atoms with van der Waals surface area (Å²) in [5.74, 6) is 1.87. The number of pyridine rings is 1. The zero-order chi connectivity index (χ0) is 15.2. The number of methoxy groups -OCH3 is 1. The van der Waals surface area contributed by atoms with Gasteiger partial charge in [-0.15, -0.1) is 0 Å². The van der Waals surface area contributed by atoms with Crippen LogP contribution in [-0.2, 0) is 0 Å². The molecular formula is C16H21N5O. The van der Waals surface area contributed by atoms with Crippen molar-refractivity contribution in [3.8, 4) is 5.88 Å². The number of piperidine rings is 1. The fraction of sp³-hybridized carbons (Fsp3) is 0.438. The molecule has 2 aromatic heterocycles. The molecule has 116 valence electrons. The molecule has 0 atom stereocenters. The lowest BCUT2D eigenvalue weighted by Gasteiger charge is -2.33. The van der Waals surface area contributed by atoms with Crippen molar-refractivity contribution in [2.45, 2.75) is 12.8 Å². The van der Waals surface area contributed by atoms with Gasteiger partial charge in [0.2, 0.25) is 11.8 Å². The number of hydrogen-bond acceptors (Lipinski definition) is 6. The van der Waals surface area contributed by atoms with E-state index in [0.717, 1.165) is 19.6 Å². The Morgan fingerprint density at radius 2 is 1.95 bits per heavy atom. The molecule has 0 bridgehead atoms. The van der Waals surface area contributed by atoms with Crippen LogP contribution >= 0.6 is 0 Å². The highest BCUT2D eigenvalue weighted by Crippen LogP contribution is 2.22. The lowest BCUT2D eigenvalue weighted by molar-refractivity contribution is 0.396. The summed E-state index contributed by atoms with van der Waals surface area (Å²) in [5, 5.41) is 3.31. The number of ether oxygens (including phenoxy) is 1. The predicted molar refractivity (Wildman–Crippen MR) is 86.2 cm³/mol. The van der Waals surface area contributed by atoms with Crippen LogP contribution < -0.4 is 15.0 Å². The van der Waals surface area contributed by atoms with Gasteiger partial charge in [0.15, 0.2) is 0 Å². The number of nitrogens with one attached hydrogen (secondary N) is 1. The third-order valence-corrected chi connectivity index (χ3v) is 4.03. The second-order valence-corrected chi connectivity index (χ2v) is 5.44. The first-order valence-electron chi connectivity index (χ1n) is 7.61. The largest absolute Gasteiger partial charge is 0.481 e. The van der Waals surface area contributed by atoms with Crippen molar-refractivity contribution >= 4 is 11.6 Å². The first kappa shape index (κ1) is 14.6. The number of rotatable bonds is 5. The lowest BCUT2D eigenvalue weighted by Crippen LogP contribution is -2.35. The van der Waals surface area contributed by atoms with Crippen LogP contribution in [0.1, 0.15) is 12.8 Å². The maximum absolute atomic E-state index is 5.11. The Labute approximate surface area is 130 Å². The first-order valence-corrected chi connectivity index (χ1v) is 7.61. The van der Waals surface area contributed by atoms with Gasteiger partial charge in [-0.2, -0.15) is 4.98 Å². The van der Waals surface area contributed by atoms with Crippen LogP contribution in [0.25, 0.3) is 0 Å². The van der Waals surface area contributed by atoms with E-state index in [9.17, 15) is 0 Å². The van der Waals surface area contributed by atoms with E-state index in [2.05, 4.69) is 37.3 Å². The highest BCUT2D eigenvalue weighted by molar-refractivity contribution is 5.44. The molecular weight excluding hydrogens is 278 g/mol. The van der Waals surface area contributed by atoms with Crippen LogP contribution in [0.2, 0.25) is 0 Å². The Hall–Kier alpha value is -2.37. The Kier molecular flexibility index (Phi) is 4.68. The van der Waals surface area contributed by atoms with Gasteiger partial charge in [-0.1, -0.05) is 0 Å². The third kappa shape index (κ3) is 3.63. The normalized spacial score (nSPS) is 15.6. The summed E-state index contributed by atoms with van der Waals surface area (Å²) in [7, 11) is 1.61. The van der Waals surface area contributed by atoms with Gasteiger partial charge in [-0.25, -0.2) is 4.98 Å². The molecule has 3 rings (SSSR count). The molecule has 2 aromatic rings. The monoisotopic (exact) mass is 299 g/mol. The van der Waals surface area contributed by atoms with Gasteiger partial charge in [0.05, 0.1) is 7.11 Å². The van der Waals surface area contributed by atoms with E-state index in [1.165, 1.54) is 18.5 Å². The minimum atomic E-state index is 0.588. The Bertz CT molecular complexity index is 584. The van der Waals surface area contributed by atoms with Gasteiger partial charge >= 0.3 is 0 Å². The molecule has 1 aliphatic heterocycles. The van der Waals surface area contributed by atoms with E-state index in [1.54, 1.807) is 19.4 Å². The fourth-order valence-electron chi connectivity index (χ4n) is 2.73. The SMILES string of the molecule is COc1ccnc(NCC2CCN(c3ccncc3)CC2)n1. The summed E-state index contributed by atoms with van der Waals surface area (Å²) in [6.45, 7) is 3.06. The van der Waals surface area contributed by atoms with Gasteiger partial charge in [0, 0.05) is 50.0 Å². The van der Waals surface area contributed by atoms with Gasteiger partial charge in [-0.3, -0.25) is 4.98 Å². The predicted octanol–water partition coefficient (Wildman–Crippen LogP) is 2.21. The zero-order valence-corrected chi connectivity index (χ0v) is 12.8. The maximum atomic E-state index is 5.11. The average molecular weight is 299 g/mol. The molecule has 1 N–H and O–H groups in total. The lowest BCUT2D eigenvalue weighted by atomic mass is 9.96. The summed E-state index contributed by atoms with van der Waals surface area (Å²) in [6.07, 6.45) is 7.74. The molecule has 1 saturated heterocycles. The van der Waals surface area contributed by atoms with Crippen LogP contribution in [0.5, 0.6) is 5.88 Å². The Morgan fingerprint density at radius 1 is 1.18 bits per heavy atom. The van der Waals surface area contributed by atoms with Crippen LogP contribution in [-0.4, -0.2) is 41.7 Å². The second-order valence-electron chi connectivity index (χ2n) is 5.44. The maximum Gasteiger partial charge on any atom is 0.225 e. The van der Waals surface area contributed by atoms with Crippen molar-refractivity contribution < 1.29 is 4.74 Å². The van der Waals surface area contributed by atoms with E-state index < -0.39 is 0 Å². The van der Waals surface area contributed by atoms with Crippen molar-refractivity contribution in [3.05, 3.63) is 36.8 Å². The standard InChI is InChI=1S/C16H21N5O/c1-22-15-4-9-18-16(20-15)19-12-13-5-10-21(11-6-13)14-2-7-17-8-3-14/h2-4,7-9,13H,5-6,10-12H2,1H3,(H,18,19,20). The van der Waals surface area contributed by atoms with Crippen LogP contribution in [0.3, 0.4) is 0 Å². The summed E-state index contributed by atoms with van der Waals surface area (Å²) in [5.41, 5.74) is 1.26. The van der Waals surface area contributed by atoms with Gasteiger partial charge in [-0.05, 0) is 30.9 Å². The number of anilines is 2. The first-order chi connectivity index (χ1) is 10.8. The van der Waals surface area contributed by atoms with Crippen LogP contribution in [0, 0.1) is 5.92 Å². The average Bonchev–Trinajstić information content (AvgIpc) is 2.61. The van der Waals surface area contributed by atoms with Crippen LogP contribution in [0.15, 0.2) is 36.8 Å². The minimum absolute atomic E-state index is 0.588. The molecule has 3 heterocycles. The summed E-state index contributed by atoms with van der Waals surface area (Å²) in [4.78, 5) is 15.0.